The van der Waals surface area contributed by atoms with Crippen molar-refractivity contribution in [3.63, 3.8) is 0 Å². The molecule has 7 heteroatoms. The standard InChI is InChI=1S/C14H17ClN4O2/c1-9-16-13(21-17-9)10-3-5-19(6-4-10)14(20)12-7-11(15)8-18(12)2/h7-8,10H,3-6H2,1-2H3. The molecule has 2 aromatic heterocycles. The fourth-order valence-electron chi connectivity index (χ4n) is 2.71. The van der Waals surface area contributed by atoms with Crippen molar-refractivity contribution in [1.82, 2.24) is 19.6 Å². The highest BCUT2D eigenvalue weighted by molar-refractivity contribution is 6.31. The first-order valence-electron chi connectivity index (χ1n) is 6.96. The maximum atomic E-state index is 12.5. The van der Waals surface area contributed by atoms with Gasteiger partial charge in [0.2, 0.25) is 5.89 Å². The zero-order valence-corrected chi connectivity index (χ0v) is 12.8. The van der Waals surface area contributed by atoms with Gasteiger partial charge in [0, 0.05) is 32.3 Å². The summed E-state index contributed by atoms with van der Waals surface area (Å²) in [7, 11) is 1.83. The summed E-state index contributed by atoms with van der Waals surface area (Å²) in [6, 6.07) is 1.71. The summed E-state index contributed by atoms with van der Waals surface area (Å²) in [5.41, 5.74) is 0.618. The molecular weight excluding hydrogens is 292 g/mol. The van der Waals surface area contributed by atoms with Gasteiger partial charge < -0.3 is 14.0 Å². The molecule has 2 aromatic rings. The van der Waals surface area contributed by atoms with Crippen LogP contribution < -0.4 is 0 Å². The molecule has 112 valence electrons. The number of piperidine rings is 1. The fraction of sp³-hybridized carbons (Fsp3) is 0.500. The molecule has 6 nitrogen and oxygen atoms in total. The van der Waals surface area contributed by atoms with Crippen LogP contribution in [0.1, 0.15) is 41.0 Å². The van der Waals surface area contributed by atoms with Gasteiger partial charge in [-0.1, -0.05) is 16.8 Å². The first-order valence-corrected chi connectivity index (χ1v) is 7.33. The van der Waals surface area contributed by atoms with Crippen molar-refractivity contribution in [2.24, 2.45) is 7.05 Å². The molecule has 1 saturated heterocycles. The molecule has 0 N–H and O–H groups in total. The maximum absolute atomic E-state index is 12.5. The second-order valence-corrected chi connectivity index (χ2v) is 5.84. The average Bonchev–Trinajstić information content (AvgIpc) is 3.04. The van der Waals surface area contributed by atoms with E-state index in [0.717, 1.165) is 12.8 Å². The smallest absolute Gasteiger partial charge is 0.270 e. The van der Waals surface area contributed by atoms with Gasteiger partial charge in [0.25, 0.3) is 5.91 Å². The van der Waals surface area contributed by atoms with Crippen molar-refractivity contribution in [3.05, 3.63) is 34.7 Å². The summed E-state index contributed by atoms with van der Waals surface area (Å²) in [6.07, 6.45) is 3.42. The van der Waals surface area contributed by atoms with Crippen LogP contribution in [0.2, 0.25) is 5.02 Å². The van der Waals surface area contributed by atoms with Gasteiger partial charge in [-0.05, 0) is 25.8 Å². The molecule has 0 radical (unpaired) electrons. The molecule has 0 saturated carbocycles. The van der Waals surface area contributed by atoms with E-state index >= 15 is 0 Å². The Morgan fingerprint density at radius 3 is 2.67 bits per heavy atom. The highest BCUT2D eigenvalue weighted by Gasteiger charge is 2.28. The number of aromatic nitrogens is 3. The highest BCUT2D eigenvalue weighted by atomic mass is 35.5. The number of hydrogen-bond acceptors (Lipinski definition) is 4. The molecule has 0 atom stereocenters. The van der Waals surface area contributed by atoms with Crippen molar-refractivity contribution in [1.29, 1.82) is 0 Å². The minimum atomic E-state index is 0.0181. The van der Waals surface area contributed by atoms with Gasteiger partial charge in [-0.25, -0.2) is 0 Å². The summed E-state index contributed by atoms with van der Waals surface area (Å²) in [6.45, 7) is 3.19. The predicted octanol–water partition coefficient (Wildman–Crippen LogP) is 2.39. The Hall–Kier alpha value is -1.82. The maximum Gasteiger partial charge on any atom is 0.270 e. The minimum Gasteiger partial charge on any atom is -0.345 e. The van der Waals surface area contributed by atoms with Gasteiger partial charge in [0.15, 0.2) is 5.82 Å². The van der Waals surface area contributed by atoms with Crippen LogP contribution in [0.5, 0.6) is 0 Å². The SMILES string of the molecule is Cc1noc(C2CCN(C(=O)c3cc(Cl)cn3C)CC2)n1. The molecule has 0 aromatic carbocycles. The minimum absolute atomic E-state index is 0.0181. The molecule has 0 bridgehead atoms. The molecule has 1 amide bonds. The van der Waals surface area contributed by atoms with E-state index in [1.807, 2.05) is 18.9 Å². The Morgan fingerprint density at radius 1 is 1.43 bits per heavy atom. The largest absolute Gasteiger partial charge is 0.345 e. The number of nitrogens with zero attached hydrogens (tertiary/aromatic N) is 4. The normalized spacial score (nSPS) is 16.4. The first kappa shape index (κ1) is 14.1. The number of aryl methyl sites for hydroxylation is 2. The van der Waals surface area contributed by atoms with Crippen molar-refractivity contribution in [3.8, 4) is 0 Å². The van der Waals surface area contributed by atoms with Gasteiger partial charge in [0.05, 0.1) is 5.02 Å². The van der Waals surface area contributed by atoms with E-state index in [1.165, 1.54) is 0 Å². The Bertz CT molecular complexity index is 656. The van der Waals surface area contributed by atoms with E-state index in [9.17, 15) is 4.79 Å². The molecule has 0 spiro atoms. The van der Waals surface area contributed by atoms with Gasteiger partial charge in [-0.15, -0.1) is 0 Å². The molecule has 3 heterocycles. The molecule has 3 rings (SSSR count). The van der Waals surface area contributed by atoms with Crippen LogP contribution in [0, 0.1) is 6.92 Å². The third-order valence-electron chi connectivity index (χ3n) is 3.87. The number of rotatable bonds is 2. The Labute approximate surface area is 127 Å². The summed E-state index contributed by atoms with van der Waals surface area (Å²) in [4.78, 5) is 18.6. The zero-order valence-electron chi connectivity index (χ0n) is 12.0. The monoisotopic (exact) mass is 308 g/mol. The van der Waals surface area contributed by atoms with Crippen molar-refractivity contribution >= 4 is 17.5 Å². The zero-order chi connectivity index (χ0) is 15.0. The molecule has 1 fully saturated rings. The number of likely N-dealkylation sites (tertiary alicyclic amines) is 1. The van der Waals surface area contributed by atoms with Crippen LogP contribution in [0.25, 0.3) is 0 Å². The van der Waals surface area contributed by atoms with E-state index in [0.29, 0.717) is 35.5 Å². The van der Waals surface area contributed by atoms with Gasteiger partial charge in [0.1, 0.15) is 5.69 Å². The van der Waals surface area contributed by atoms with Crippen LogP contribution >= 0.6 is 11.6 Å². The fourth-order valence-corrected chi connectivity index (χ4v) is 2.96. The van der Waals surface area contributed by atoms with E-state index in [-0.39, 0.29) is 11.8 Å². The Kier molecular flexibility index (Phi) is 3.71. The molecule has 0 unspecified atom stereocenters. The molecular formula is C14H17ClN4O2. The number of carbonyl (C=O) groups excluding carboxylic acids is 1. The van der Waals surface area contributed by atoms with Crippen LogP contribution in [0.4, 0.5) is 0 Å². The Morgan fingerprint density at radius 2 is 2.14 bits per heavy atom. The summed E-state index contributed by atoms with van der Waals surface area (Å²) in [5.74, 6) is 1.60. The van der Waals surface area contributed by atoms with Crippen LogP contribution in [-0.2, 0) is 7.05 Å². The highest BCUT2D eigenvalue weighted by Crippen LogP contribution is 2.27. The predicted molar refractivity (Wildman–Crippen MR) is 77.3 cm³/mol. The molecule has 1 aliphatic rings. The van der Waals surface area contributed by atoms with Gasteiger partial charge in [-0.3, -0.25) is 4.79 Å². The van der Waals surface area contributed by atoms with Crippen LogP contribution in [0.15, 0.2) is 16.8 Å². The number of halogens is 1. The average molecular weight is 309 g/mol. The third-order valence-corrected chi connectivity index (χ3v) is 4.07. The molecule has 21 heavy (non-hydrogen) atoms. The second-order valence-electron chi connectivity index (χ2n) is 5.40. The van der Waals surface area contributed by atoms with E-state index < -0.39 is 0 Å². The topological polar surface area (TPSA) is 64.2 Å². The number of hydrogen-bond donors (Lipinski definition) is 0. The van der Waals surface area contributed by atoms with Crippen LogP contribution in [-0.4, -0.2) is 38.6 Å². The number of amides is 1. The Balaban J connectivity index is 1.65. The van der Waals surface area contributed by atoms with Crippen LogP contribution in [0.3, 0.4) is 0 Å². The quantitative estimate of drug-likeness (QED) is 0.854. The van der Waals surface area contributed by atoms with E-state index in [1.54, 1.807) is 16.8 Å². The van der Waals surface area contributed by atoms with Crippen molar-refractivity contribution < 1.29 is 9.32 Å². The van der Waals surface area contributed by atoms with Crippen molar-refractivity contribution in [2.75, 3.05) is 13.1 Å². The number of carbonyl (C=O) groups is 1. The van der Waals surface area contributed by atoms with Gasteiger partial charge in [-0.2, -0.15) is 4.98 Å². The third kappa shape index (κ3) is 2.81. The molecule has 1 aliphatic heterocycles. The lowest BCUT2D eigenvalue weighted by Crippen LogP contribution is -2.38. The lowest BCUT2D eigenvalue weighted by Gasteiger charge is -2.30. The van der Waals surface area contributed by atoms with Crippen molar-refractivity contribution in [2.45, 2.75) is 25.7 Å². The lowest BCUT2D eigenvalue weighted by molar-refractivity contribution is 0.0695. The van der Waals surface area contributed by atoms with E-state index in [4.69, 9.17) is 16.1 Å². The summed E-state index contributed by atoms with van der Waals surface area (Å²) in [5, 5.41) is 4.40. The first-order chi connectivity index (χ1) is 10.0. The second kappa shape index (κ2) is 5.52. The summed E-state index contributed by atoms with van der Waals surface area (Å²) < 4.78 is 6.98. The molecule has 0 aliphatic carbocycles. The van der Waals surface area contributed by atoms with Gasteiger partial charge >= 0.3 is 0 Å². The van der Waals surface area contributed by atoms with E-state index in [2.05, 4.69) is 10.1 Å². The lowest BCUT2D eigenvalue weighted by atomic mass is 9.96. The summed E-state index contributed by atoms with van der Waals surface area (Å²) >= 11 is 5.94.